The van der Waals surface area contributed by atoms with Crippen LogP contribution in [0.25, 0.3) is 44.2 Å². The summed E-state index contributed by atoms with van der Waals surface area (Å²) in [6, 6.07) is 91.2. The van der Waals surface area contributed by atoms with E-state index < -0.39 is 10.8 Å². The van der Waals surface area contributed by atoms with Gasteiger partial charge in [0.2, 0.25) is 0 Å². The van der Waals surface area contributed by atoms with Gasteiger partial charge in [-0.1, -0.05) is 212 Å². The zero-order valence-electron chi connectivity index (χ0n) is 35.0. The monoisotopic (exact) mass is 815 g/mol. The number of nitrogens with zero attached hydrogens (tertiary/aromatic N) is 1. The Hall–Kier alpha value is -8.20. The number of benzene rings is 10. The summed E-state index contributed by atoms with van der Waals surface area (Å²) in [5.74, 6) is 0. The third kappa shape index (κ3) is 4.91. The van der Waals surface area contributed by atoms with Crippen LogP contribution in [-0.4, -0.2) is 0 Å². The smallest absolute Gasteiger partial charge is 0.137 e. The molecule has 0 amide bonds. The lowest BCUT2D eigenvalue weighted by Gasteiger charge is -2.35. The van der Waals surface area contributed by atoms with Crippen LogP contribution in [0.1, 0.15) is 44.5 Å². The highest BCUT2D eigenvalue weighted by Gasteiger charge is 2.49. The molecule has 0 saturated carbocycles. The predicted octanol–water partition coefficient (Wildman–Crippen LogP) is 15.8. The number of fused-ring (bicyclic) bond motifs is 9. The van der Waals surface area contributed by atoms with Crippen molar-refractivity contribution >= 4 is 39.0 Å². The first-order valence-corrected chi connectivity index (χ1v) is 22.2. The van der Waals surface area contributed by atoms with Crippen molar-refractivity contribution in [2.24, 2.45) is 0 Å². The van der Waals surface area contributed by atoms with Crippen molar-refractivity contribution in [3.63, 3.8) is 0 Å². The summed E-state index contributed by atoms with van der Waals surface area (Å²) in [4.78, 5) is 2.49. The molecule has 0 radical (unpaired) electrons. The third-order valence-corrected chi connectivity index (χ3v) is 14.0. The molecular weight excluding hydrogens is 775 g/mol. The van der Waals surface area contributed by atoms with Crippen LogP contribution in [0.3, 0.4) is 0 Å². The Balaban J connectivity index is 1.15. The molecule has 0 N–H and O–H groups in total. The van der Waals surface area contributed by atoms with Crippen molar-refractivity contribution in [2.45, 2.75) is 10.8 Å². The highest BCUT2D eigenvalue weighted by molar-refractivity contribution is 6.16. The van der Waals surface area contributed by atoms with Crippen molar-refractivity contribution < 1.29 is 4.42 Å². The van der Waals surface area contributed by atoms with Gasteiger partial charge in [0.05, 0.1) is 27.6 Å². The highest BCUT2D eigenvalue weighted by atomic mass is 16.3. The lowest BCUT2D eigenvalue weighted by atomic mass is 9.66. The number of para-hydroxylation sites is 1. The van der Waals surface area contributed by atoms with Crippen molar-refractivity contribution in [1.29, 1.82) is 0 Å². The molecule has 11 aromatic rings. The Morgan fingerprint density at radius 3 is 1.28 bits per heavy atom. The van der Waals surface area contributed by atoms with Crippen LogP contribution in [0.4, 0.5) is 17.1 Å². The van der Waals surface area contributed by atoms with Crippen LogP contribution >= 0.6 is 0 Å². The fourth-order valence-electron chi connectivity index (χ4n) is 11.7. The number of anilines is 3. The van der Waals surface area contributed by atoms with E-state index in [9.17, 15) is 0 Å². The molecule has 10 aromatic carbocycles. The van der Waals surface area contributed by atoms with E-state index in [4.69, 9.17) is 4.42 Å². The van der Waals surface area contributed by atoms with Crippen molar-refractivity contribution in [3.8, 4) is 22.3 Å². The number of furan rings is 1. The fraction of sp³-hybridized carbons (Fsp3) is 0.0323. The van der Waals surface area contributed by atoms with Gasteiger partial charge >= 0.3 is 0 Å². The van der Waals surface area contributed by atoms with Crippen LogP contribution < -0.4 is 4.90 Å². The Labute approximate surface area is 373 Å². The largest absolute Gasteiger partial charge is 0.456 e. The normalized spacial score (nSPS) is 13.9. The second-order valence-electron chi connectivity index (χ2n) is 17.0. The average Bonchev–Trinajstić information content (AvgIpc) is 4.01. The molecule has 0 bridgehead atoms. The van der Waals surface area contributed by atoms with Crippen LogP contribution in [-0.2, 0) is 10.8 Å². The summed E-state index contributed by atoms with van der Waals surface area (Å²) in [5, 5.41) is 2.19. The van der Waals surface area contributed by atoms with E-state index in [1.54, 1.807) is 0 Å². The Bertz CT molecular complexity index is 3470. The first kappa shape index (κ1) is 36.5. The number of hydrogen-bond acceptors (Lipinski definition) is 2. The van der Waals surface area contributed by atoms with E-state index in [1.807, 2.05) is 0 Å². The minimum Gasteiger partial charge on any atom is -0.456 e. The summed E-state index contributed by atoms with van der Waals surface area (Å²) in [6.45, 7) is 0. The van der Waals surface area contributed by atoms with Crippen LogP contribution in [0.15, 0.2) is 253 Å². The topological polar surface area (TPSA) is 16.4 Å². The highest BCUT2D eigenvalue weighted by Crippen LogP contribution is 2.61. The standard InChI is InChI=1S/C62H41NO/c1-5-22-42(23-6-1)61(43-24-7-2-8-25-43)51-35-18-15-32-48(51)58-52(61)36-19-38-54(58)63(45-28-11-4-12-29-45)55-39-21-41-57-60(55)59-53(37-20-40-56(59)64-57)62(44-26-9-3-10-27-44)49-33-16-13-30-46(49)47-31-14-17-34-50(47)62/h1-41H. The summed E-state index contributed by atoms with van der Waals surface area (Å²) in [6.07, 6.45) is 0. The van der Waals surface area contributed by atoms with Gasteiger partial charge in [-0.05, 0) is 97.6 Å². The number of rotatable bonds is 7. The molecule has 0 fully saturated rings. The third-order valence-electron chi connectivity index (χ3n) is 14.0. The van der Waals surface area contributed by atoms with Crippen molar-refractivity contribution in [3.05, 3.63) is 293 Å². The van der Waals surface area contributed by atoms with Gasteiger partial charge < -0.3 is 9.32 Å². The Morgan fingerprint density at radius 1 is 0.281 bits per heavy atom. The van der Waals surface area contributed by atoms with E-state index in [0.717, 1.165) is 39.0 Å². The molecule has 0 unspecified atom stereocenters. The zero-order chi connectivity index (χ0) is 42.2. The predicted molar refractivity (Wildman–Crippen MR) is 263 cm³/mol. The second-order valence-corrected chi connectivity index (χ2v) is 17.0. The molecule has 64 heavy (non-hydrogen) atoms. The van der Waals surface area contributed by atoms with Crippen molar-refractivity contribution in [1.82, 2.24) is 0 Å². The Morgan fingerprint density at radius 2 is 0.688 bits per heavy atom. The van der Waals surface area contributed by atoms with Gasteiger partial charge in [-0.15, -0.1) is 0 Å². The minimum atomic E-state index is -0.618. The van der Waals surface area contributed by atoms with Crippen LogP contribution in [0.2, 0.25) is 0 Å². The lowest BCUT2D eigenvalue weighted by Crippen LogP contribution is -2.28. The van der Waals surface area contributed by atoms with Gasteiger partial charge in [-0.25, -0.2) is 0 Å². The van der Waals surface area contributed by atoms with Crippen LogP contribution in [0, 0.1) is 0 Å². The van der Waals surface area contributed by atoms with Gasteiger partial charge in [0, 0.05) is 16.6 Å². The maximum Gasteiger partial charge on any atom is 0.137 e. The van der Waals surface area contributed by atoms with Crippen molar-refractivity contribution in [2.75, 3.05) is 4.90 Å². The maximum absolute atomic E-state index is 7.04. The maximum atomic E-state index is 7.04. The van der Waals surface area contributed by atoms with Crippen LogP contribution in [0.5, 0.6) is 0 Å². The summed E-state index contributed by atoms with van der Waals surface area (Å²) in [7, 11) is 0. The Kier molecular flexibility index (Phi) is 8.07. The molecule has 2 heteroatoms. The number of hydrogen-bond donors (Lipinski definition) is 0. The molecule has 1 aromatic heterocycles. The molecule has 0 saturated heterocycles. The molecule has 13 rings (SSSR count). The van der Waals surface area contributed by atoms with Gasteiger partial charge in [0.15, 0.2) is 0 Å². The lowest BCUT2D eigenvalue weighted by molar-refractivity contribution is 0.667. The molecule has 0 spiro atoms. The average molecular weight is 816 g/mol. The van der Waals surface area contributed by atoms with E-state index in [-0.39, 0.29) is 0 Å². The van der Waals surface area contributed by atoms with Gasteiger partial charge in [0.1, 0.15) is 11.2 Å². The van der Waals surface area contributed by atoms with Gasteiger partial charge in [-0.2, -0.15) is 0 Å². The first-order chi connectivity index (χ1) is 31.8. The summed E-state index contributed by atoms with van der Waals surface area (Å²) in [5.41, 5.74) is 18.8. The van der Waals surface area contributed by atoms with Gasteiger partial charge in [-0.3, -0.25) is 0 Å². The molecule has 2 nitrogen and oxygen atoms in total. The summed E-state index contributed by atoms with van der Waals surface area (Å²) >= 11 is 0. The fourth-order valence-corrected chi connectivity index (χ4v) is 11.7. The van der Waals surface area contributed by atoms with Gasteiger partial charge in [0.25, 0.3) is 0 Å². The SMILES string of the molecule is c1ccc(N(c2cccc3c2-c2ccccc2C3(c2ccccc2)c2ccccc2)c2cccc3oc4cccc(C5(c6ccccc6)c6ccccc6-c6ccccc65)c4c23)cc1. The molecule has 0 aliphatic heterocycles. The molecule has 0 atom stereocenters. The van der Waals surface area contributed by atoms with E-state index in [2.05, 4.69) is 254 Å². The quantitative estimate of drug-likeness (QED) is 0.159. The zero-order valence-corrected chi connectivity index (χ0v) is 35.0. The second kappa shape index (κ2) is 14.2. The van der Waals surface area contributed by atoms with E-state index in [1.165, 1.54) is 66.8 Å². The molecular formula is C62H41NO. The first-order valence-electron chi connectivity index (χ1n) is 22.2. The van der Waals surface area contributed by atoms with E-state index in [0.29, 0.717) is 0 Å². The van der Waals surface area contributed by atoms with E-state index >= 15 is 0 Å². The summed E-state index contributed by atoms with van der Waals surface area (Å²) < 4.78 is 7.04. The molecule has 2 aliphatic carbocycles. The molecule has 300 valence electrons. The molecule has 2 aliphatic rings. The molecule has 1 heterocycles. The minimum absolute atomic E-state index is 0.542.